The lowest BCUT2D eigenvalue weighted by molar-refractivity contribution is -0.143. The van der Waals surface area contributed by atoms with Gasteiger partial charge in [0.2, 0.25) is 0 Å². The first-order valence-corrected chi connectivity index (χ1v) is 14.8. The maximum atomic E-state index is 13.6. The van der Waals surface area contributed by atoms with Gasteiger partial charge in [-0.1, -0.05) is 25.0 Å². The Balaban J connectivity index is 1.72. The fraction of sp³-hybridized carbons (Fsp3) is 0.548. The third-order valence-corrected chi connectivity index (χ3v) is 8.25. The number of carbonyl (C=O) groups is 1. The van der Waals surface area contributed by atoms with E-state index in [4.69, 9.17) is 5.11 Å². The zero-order valence-corrected chi connectivity index (χ0v) is 25.8. The number of tetrazole rings is 1. The Labute approximate surface area is 258 Å². The first-order chi connectivity index (χ1) is 20.9. The molecule has 1 aliphatic rings. The molecule has 1 aromatic heterocycles. The van der Waals surface area contributed by atoms with Crippen molar-refractivity contribution in [3.63, 3.8) is 0 Å². The number of aromatic nitrogens is 4. The number of hydrogen-bond donors (Lipinski definition) is 1. The van der Waals surface area contributed by atoms with Gasteiger partial charge in [0.15, 0.2) is 0 Å². The van der Waals surface area contributed by atoms with Crippen LogP contribution in [0.25, 0.3) is 0 Å². The number of nitrogens with zero attached hydrogens (tertiary/aromatic N) is 6. The van der Waals surface area contributed by atoms with Gasteiger partial charge in [0.1, 0.15) is 0 Å². The molecular weight excluding hydrogens is 602 g/mol. The van der Waals surface area contributed by atoms with Gasteiger partial charge < -0.3 is 14.9 Å². The lowest BCUT2D eigenvalue weighted by atomic mass is 9.84. The quantitative estimate of drug-likeness (QED) is 0.200. The van der Waals surface area contributed by atoms with Crippen LogP contribution < -0.4 is 9.80 Å². The number of halogens is 6. The lowest BCUT2D eigenvalue weighted by Crippen LogP contribution is -2.31. The fourth-order valence-corrected chi connectivity index (χ4v) is 5.67. The van der Waals surface area contributed by atoms with Gasteiger partial charge in [0.05, 0.1) is 18.2 Å². The predicted molar refractivity (Wildman–Crippen MR) is 157 cm³/mol. The summed E-state index contributed by atoms with van der Waals surface area (Å²) in [5.41, 5.74) is 0.877. The predicted octanol–water partition coefficient (Wildman–Crippen LogP) is 7.05. The molecule has 0 radical (unpaired) electrons. The number of aryl methyl sites for hydroxylation is 3. The van der Waals surface area contributed by atoms with Crippen molar-refractivity contribution in [2.45, 2.75) is 84.7 Å². The van der Waals surface area contributed by atoms with E-state index >= 15 is 0 Å². The molecule has 0 aliphatic heterocycles. The van der Waals surface area contributed by atoms with E-state index in [1.807, 2.05) is 20.8 Å². The van der Waals surface area contributed by atoms with Crippen molar-refractivity contribution in [2.75, 3.05) is 22.9 Å². The van der Waals surface area contributed by atoms with Crippen LogP contribution >= 0.6 is 0 Å². The van der Waals surface area contributed by atoms with Crippen LogP contribution in [-0.2, 0) is 50.1 Å². The van der Waals surface area contributed by atoms with E-state index in [9.17, 15) is 31.1 Å². The van der Waals surface area contributed by atoms with Crippen LogP contribution in [0.3, 0.4) is 0 Å². The van der Waals surface area contributed by atoms with Crippen molar-refractivity contribution in [3.8, 4) is 0 Å². The molecule has 0 amide bonds. The van der Waals surface area contributed by atoms with Crippen molar-refractivity contribution in [1.82, 2.24) is 20.2 Å². The number of alkyl halides is 6. The summed E-state index contributed by atoms with van der Waals surface area (Å²) in [6.07, 6.45) is -5.91. The van der Waals surface area contributed by atoms with Gasteiger partial charge in [0.25, 0.3) is 5.95 Å². The SMILES string of the molecule is CCN(CCC(C)(C)CCC(=O)O)c1cc2c(cc1CN(Cc1cc(C(F)(F)F)cc(C(F)(F)F)c1)c1nnn(C)n1)CCC2. The summed E-state index contributed by atoms with van der Waals surface area (Å²) in [6.45, 7) is 7.09. The second-order valence-corrected chi connectivity index (χ2v) is 12.3. The summed E-state index contributed by atoms with van der Waals surface area (Å²) < 4.78 is 81.9. The van der Waals surface area contributed by atoms with Crippen molar-refractivity contribution in [1.29, 1.82) is 0 Å². The van der Waals surface area contributed by atoms with Crippen LogP contribution in [0.15, 0.2) is 30.3 Å². The molecule has 4 rings (SSSR count). The fourth-order valence-electron chi connectivity index (χ4n) is 5.67. The minimum Gasteiger partial charge on any atom is -0.481 e. The van der Waals surface area contributed by atoms with Gasteiger partial charge in [-0.05, 0) is 96.2 Å². The Hall–Kier alpha value is -3.84. The van der Waals surface area contributed by atoms with Gasteiger partial charge in [0, 0.05) is 38.3 Å². The molecule has 1 heterocycles. The molecule has 0 atom stereocenters. The highest BCUT2D eigenvalue weighted by Crippen LogP contribution is 2.38. The Kier molecular flexibility index (Phi) is 10.0. The van der Waals surface area contributed by atoms with E-state index in [0.29, 0.717) is 25.9 Å². The van der Waals surface area contributed by atoms with E-state index in [1.54, 1.807) is 0 Å². The first-order valence-electron chi connectivity index (χ1n) is 14.8. The summed E-state index contributed by atoms with van der Waals surface area (Å²) in [6, 6.07) is 5.75. The minimum atomic E-state index is -4.97. The molecule has 0 fully saturated rings. The number of fused-ring (bicyclic) bond motifs is 1. The minimum absolute atomic E-state index is 0.0628. The Morgan fingerprint density at radius 1 is 0.911 bits per heavy atom. The first kappa shape index (κ1) is 34.0. The van der Waals surface area contributed by atoms with Gasteiger partial charge in [-0.15, -0.1) is 5.10 Å². The second-order valence-electron chi connectivity index (χ2n) is 12.3. The van der Waals surface area contributed by atoms with Gasteiger partial charge in [-0.3, -0.25) is 4.79 Å². The molecule has 0 unspecified atom stereocenters. The van der Waals surface area contributed by atoms with Gasteiger partial charge in [-0.2, -0.15) is 31.1 Å². The lowest BCUT2D eigenvalue weighted by Gasteiger charge is -2.32. The standard InChI is InChI=1S/C31H38F6N6O2/c1-5-42(12-11-29(2,3)10-9-27(44)45)26-16-22-8-6-7-21(22)15-23(26)19-43(28-38-40-41(4)39-28)18-20-13-24(30(32,33)34)17-25(14-20)31(35,36)37/h13-17H,5-12,18-19H2,1-4H3,(H,44,45). The van der Waals surface area contributed by atoms with Crippen LogP contribution in [0.1, 0.15) is 79.8 Å². The van der Waals surface area contributed by atoms with E-state index in [1.165, 1.54) is 22.3 Å². The average molecular weight is 641 g/mol. The number of rotatable bonds is 13. The Morgan fingerprint density at radius 3 is 2.07 bits per heavy atom. The highest BCUT2D eigenvalue weighted by Gasteiger charge is 2.37. The third kappa shape index (κ3) is 8.88. The number of carboxylic acid groups (broad SMARTS) is 1. The second kappa shape index (κ2) is 13.3. The molecular formula is C31H38F6N6O2. The molecule has 0 bridgehead atoms. The monoisotopic (exact) mass is 640 g/mol. The van der Waals surface area contributed by atoms with Gasteiger partial charge in [-0.25, -0.2) is 0 Å². The van der Waals surface area contributed by atoms with Gasteiger partial charge >= 0.3 is 18.3 Å². The molecule has 8 nitrogen and oxygen atoms in total. The normalized spacial score (nSPS) is 13.6. The van der Waals surface area contributed by atoms with E-state index in [0.717, 1.165) is 48.2 Å². The number of carboxylic acids is 1. The number of benzene rings is 2. The molecule has 1 aliphatic carbocycles. The number of aliphatic carboxylic acids is 1. The highest BCUT2D eigenvalue weighted by molar-refractivity contribution is 5.66. The smallest absolute Gasteiger partial charge is 0.416 e. The molecule has 246 valence electrons. The van der Waals surface area contributed by atoms with Crippen LogP contribution in [0.4, 0.5) is 38.0 Å². The number of hydrogen-bond acceptors (Lipinski definition) is 6. The third-order valence-electron chi connectivity index (χ3n) is 8.25. The summed E-state index contributed by atoms with van der Waals surface area (Å²) in [5.74, 6) is -0.787. The summed E-state index contributed by atoms with van der Waals surface area (Å²) in [7, 11) is 1.52. The van der Waals surface area contributed by atoms with Crippen LogP contribution in [0, 0.1) is 5.41 Å². The maximum Gasteiger partial charge on any atom is 0.416 e. The van der Waals surface area contributed by atoms with Crippen LogP contribution in [-0.4, -0.2) is 44.4 Å². The summed E-state index contributed by atoms with van der Waals surface area (Å²) in [4.78, 5) is 16.1. The van der Waals surface area contributed by atoms with Crippen molar-refractivity contribution in [2.24, 2.45) is 12.5 Å². The highest BCUT2D eigenvalue weighted by atomic mass is 19.4. The molecule has 0 saturated carbocycles. The molecule has 3 aromatic rings. The van der Waals surface area contributed by atoms with E-state index in [2.05, 4.69) is 32.4 Å². The molecule has 0 saturated heterocycles. The average Bonchev–Trinajstić information content (AvgIpc) is 3.59. The van der Waals surface area contributed by atoms with E-state index < -0.39 is 29.4 Å². The van der Waals surface area contributed by atoms with Crippen molar-refractivity contribution >= 4 is 17.6 Å². The van der Waals surface area contributed by atoms with Crippen LogP contribution in [0.2, 0.25) is 0 Å². The number of anilines is 2. The molecule has 0 spiro atoms. The topological polar surface area (TPSA) is 87.4 Å². The maximum absolute atomic E-state index is 13.6. The zero-order chi connectivity index (χ0) is 33.2. The Morgan fingerprint density at radius 2 is 1.53 bits per heavy atom. The van der Waals surface area contributed by atoms with Crippen molar-refractivity contribution in [3.05, 3.63) is 63.7 Å². The largest absolute Gasteiger partial charge is 0.481 e. The molecule has 45 heavy (non-hydrogen) atoms. The van der Waals surface area contributed by atoms with Crippen molar-refractivity contribution < 1.29 is 36.2 Å². The Bertz CT molecular complexity index is 1470. The molecule has 1 N–H and O–H groups in total. The van der Waals surface area contributed by atoms with E-state index in [-0.39, 0.29) is 42.5 Å². The summed E-state index contributed by atoms with van der Waals surface area (Å²) in [5, 5.41) is 21.3. The molecule has 14 heteroatoms. The van der Waals surface area contributed by atoms with Crippen LogP contribution in [0.5, 0.6) is 0 Å². The summed E-state index contributed by atoms with van der Waals surface area (Å²) >= 11 is 0. The molecule has 2 aromatic carbocycles. The zero-order valence-electron chi connectivity index (χ0n) is 25.8.